The normalized spacial score (nSPS) is 11.8. The molecule has 1 aromatic heterocycles. The van der Waals surface area contributed by atoms with Crippen LogP contribution in [-0.4, -0.2) is 10.9 Å². The molecule has 34 heavy (non-hydrogen) atoms. The molecule has 0 radical (unpaired) electrons. The number of hydrogen-bond acceptors (Lipinski definition) is 4. The molecule has 4 nitrogen and oxygen atoms in total. The number of carbonyl (C=O) groups excluding carboxylic acids is 1. The van der Waals surface area contributed by atoms with Gasteiger partial charge in [0.2, 0.25) is 22.7 Å². The average molecular weight is 453 g/mol. The molecule has 3 aromatic carbocycles. The largest absolute Gasteiger partial charge is 0.501 e. The summed E-state index contributed by atoms with van der Waals surface area (Å²) in [6, 6.07) is 28.4. The molecular formula is C30H28O4. The van der Waals surface area contributed by atoms with Crippen molar-refractivity contribution >= 4 is 5.78 Å². The summed E-state index contributed by atoms with van der Waals surface area (Å²) in [6.07, 6.45) is 1.92. The lowest BCUT2D eigenvalue weighted by Crippen LogP contribution is -2.18. The molecular weight excluding hydrogens is 424 g/mol. The molecule has 0 aliphatic rings. The van der Waals surface area contributed by atoms with E-state index in [0.29, 0.717) is 25.0 Å². The number of carbonyl (C=O) groups is 1. The maximum atomic E-state index is 12.9. The molecule has 0 bridgehead atoms. The van der Waals surface area contributed by atoms with Crippen molar-refractivity contribution in [2.75, 3.05) is 0 Å². The van der Waals surface area contributed by atoms with Crippen LogP contribution in [-0.2, 0) is 6.42 Å². The van der Waals surface area contributed by atoms with Crippen LogP contribution in [0.5, 0.6) is 5.75 Å². The van der Waals surface area contributed by atoms with Crippen molar-refractivity contribution in [2.45, 2.75) is 33.1 Å². The van der Waals surface area contributed by atoms with Crippen molar-refractivity contribution in [1.29, 1.82) is 0 Å². The van der Waals surface area contributed by atoms with Gasteiger partial charge in [-0.3, -0.25) is 9.59 Å². The maximum Gasteiger partial charge on any atom is 0.227 e. The summed E-state index contributed by atoms with van der Waals surface area (Å²) in [4.78, 5) is 24.7. The van der Waals surface area contributed by atoms with E-state index in [1.807, 2.05) is 25.1 Å². The molecule has 0 aliphatic heterocycles. The standard InChI is InChI=1S/C30H28O4/c1-3-22(28(32)30-29(33)27(31)19-20(2)34-30)12-9-21-10-13-24(14-11-21)26-17-15-25(16-18-26)23-7-5-4-6-8-23/h4-8,10-11,13-19,22,33H,3,9,12H2,1-2H3. The zero-order valence-electron chi connectivity index (χ0n) is 19.5. The van der Waals surface area contributed by atoms with Crippen molar-refractivity contribution in [3.63, 3.8) is 0 Å². The van der Waals surface area contributed by atoms with Crippen LogP contribution < -0.4 is 5.43 Å². The quantitative estimate of drug-likeness (QED) is 0.298. The van der Waals surface area contributed by atoms with Gasteiger partial charge in [0.1, 0.15) is 5.76 Å². The highest BCUT2D eigenvalue weighted by atomic mass is 16.4. The number of benzene rings is 3. The first-order valence-electron chi connectivity index (χ1n) is 11.6. The monoisotopic (exact) mass is 452 g/mol. The van der Waals surface area contributed by atoms with Crippen molar-refractivity contribution in [1.82, 2.24) is 0 Å². The Morgan fingerprint density at radius 3 is 1.94 bits per heavy atom. The number of Topliss-reactive ketones (excluding diaryl/α,β-unsaturated/α-hetero) is 1. The summed E-state index contributed by atoms with van der Waals surface area (Å²) in [5.74, 6) is -1.17. The molecule has 4 rings (SSSR count). The van der Waals surface area contributed by atoms with Gasteiger partial charge in [-0.15, -0.1) is 0 Å². The molecule has 0 amide bonds. The van der Waals surface area contributed by atoms with Crippen molar-refractivity contribution < 1.29 is 14.3 Å². The van der Waals surface area contributed by atoms with E-state index >= 15 is 0 Å². The Labute approximate surface area is 199 Å². The van der Waals surface area contributed by atoms with Gasteiger partial charge >= 0.3 is 0 Å². The molecule has 4 aromatic rings. The maximum absolute atomic E-state index is 12.9. The van der Waals surface area contributed by atoms with Crippen molar-refractivity contribution in [3.8, 4) is 28.0 Å². The fourth-order valence-corrected chi connectivity index (χ4v) is 4.17. The van der Waals surface area contributed by atoms with Crippen LogP contribution in [0.1, 0.15) is 41.6 Å². The van der Waals surface area contributed by atoms with E-state index < -0.39 is 11.2 Å². The van der Waals surface area contributed by atoms with E-state index in [0.717, 1.165) is 16.7 Å². The third-order valence-electron chi connectivity index (χ3n) is 6.19. The molecule has 0 saturated carbocycles. The van der Waals surface area contributed by atoms with E-state index in [1.54, 1.807) is 6.92 Å². The van der Waals surface area contributed by atoms with Gasteiger partial charge in [-0.25, -0.2) is 0 Å². The molecule has 0 spiro atoms. The first-order chi connectivity index (χ1) is 16.5. The van der Waals surface area contributed by atoms with E-state index in [2.05, 4.69) is 60.7 Å². The Kier molecular flexibility index (Phi) is 7.07. The predicted octanol–water partition coefficient (Wildman–Crippen LogP) is 6.83. The molecule has 1 heterocycles. The number of aromatic hydroxyl groups is 1. The lowest BCUT2D eigenvalue weighted by atomic mass is 9.91. The minimum Gasteiger partial charge on any atom is -0.501 e. The van der Waals surface area contributed by atoms with Crippen LogP contribution in [0.2, 0.25) is 0 Å². The zero-order chi connectivity index (χ0) is 24.1. The van der Waals surface area contributed by atoms with E-state index in [9.17, 15) is 14.7 Å². The number of aryl methyl sites for hydroxylation is 2. The van der Waals surface area contributed by atoms with Gasteiger partial charge in [0.25, 0.3) is 0 Å². The van der Waals surface area contributed by atoms with Crippen LogP contribution in [0.4, 0.5) is 0 Å². The number of rotatable bonds is 8. The smallest absolute Gasteiger partial charge is 0.227 e. The van der Waals surface area contributed by atoms with Crippen LogP contribution in [0.25, 0.3) is 22.3 Å². The summed E-state index contributed by atoms with van der Waals surface area (Å²) in [7, 11) is 0. The van der Waals surface area contributed by atoms with E-state index in [-0.39, 0.29) is 17.5 Å². The van der Waals surface area contributed by atoms with Crippen LogP contribution in [0.15, 0.2) is 94.1 Å². The topological polar surface area (TPSA) is 67.5 Å². The van der Waals surface area contributed by atoms with Gasteiger partial charge < -0.3 is 9.52 Å². The summed E-state index contributed by atoms with van der Waals surface area (Å²) >= 11 is 0. The molecule has 0 aliphatic carbocycles. The van der Waals surface area contributed by atoms with Crippen LogP contribution in [0.3, 0.4) is 0 Å². The molecule has 0 saturated heterocycles. The second-order valence-corrected chi connectivity index (χ2v) is 8.55. The summed E-state index contributed by atoms with van der Waals surface area (Å²) in [6.45, 7) is 3.52. The van der Waals surface area contributed by atoms with Crippen LogP contribution in [0, 0.1) is 12.8 Å². The number of ketones is 1. The fraction of sp³-hybridized carbons (Fsp3) is 0.200. The van der Waals surface area contributed by atoms with Gasteiger partial charge in [-0.2, -0.15) is 0 Å². The summed E-state index contributed by atoms with van der Waals surface area (Å²) in [5.41, 5.74) is 5.21. The second-order valence-electron chi connectivity index (χ2n) is 8.55. The Morgan fingerprint density at radius 1 is 0.853 bits per heavy atom. The molecule has 1 atom stereocenters. The van der Waals surface area contributed by atoms with Crippen molar-refractivity contribution in [3.05, 3.63) is 112 Å². The molecule has 0 fully saturated rings. The summed E-state index contributed by atoms with van der Waals surface area (Å²) < 4.78 is 5.39. The van der Waals surface area contributed by atoms with E-state index in [4.69, 9.17) is 4.42 Å². The van der Waals surface area contributed by atoms with Crippen LogP contribution >= 0.6 is 0 Å². The van der Waals surface area contributed by atoms with Gasteiger partial charge in [0, 0.05) is 12.0 Å². The third kappa shape index (κ3) is 5.18. The Balaban J connectivity index is 1.42. The minimum atomic E-state index is -0.600. The SMILES string of the molecule is CCC(CCc1ccc(-c2ccc(-c3ccccc3)cc2)cc1)C(=O)c1oc(C)cc(=O)c1O. The van der Waals surface area contributed by atoms with Gasteiger partial charge in [-0.05, 0) is 54.0 Å². The summed E-state index contributed by atoms with van der Waals surface area (Å²) in [5, 5.41) is 10.0. The zero-order valence-corrected chi connectivity index (χ0v) is 19.5. The predicted molar refractivity (Wildman–Crippen MR) is 135 cm³/mol. The fourth-order valence-electron chi connectivity index (χ4n) is 4.17. The second kappa shape index (κ2) is 10.3. The van der Waals surface area contributed by atoms with Gasteiger partial charge in [0.15, 0.2) is 0 Å². The first-order valence-corrected chi connectivity index (χ1v) is 11.6. The van der Waals surface area contributed by atoms with Crippen molar-refractivity contribution in [2.24, 2.45) is 5.92 Å². The highest BCUT2D eigenvalue weighted by Crippen LogP contribution is 2.27. The highest BCUT2D eigenvalue weighted by molar-refractivity contribution is 5.97. The first kappa shape index (κ1) is 23.2. The molecule has 1 N–H and O–H groups in total. The third-order valence-corrected chi connectivity index (χ3v) is 6.19. The lowest BCUT2D eigenvalue weighted by Gasteiger charge is -2.14. The van der Waals surface area contributed by atoms with Gasteiger partial charge in [0.05, 0.1) is 0 Å². The van der Waals surface area contributed by atoms with Gasteiger partial charge in [-0.1, -0.05) is 85.8 Å². The highest BCUT2D eigenvalue weighted by Gasteiger charge is 2.25. The molecule has 4 heteroatoms. The molecule has 1 unspecified atom stereocenters. The van der Waals surface area contributed by atoms with E-state index in [1.165, 1.54) is 17.2 Å². The Hall–Kier alpha value is -3.92. The Bertz CT molecular complexity index is 1320. The number of hydrogen-bond donors (Lipinski definition) is 1. The Morgan fingerprint density at radius 2 is 1.38 bits per heavy atom. The molecule has 172 valence electrons. The average Bonchev–Trinajstić information content (AvgIpc) is 2.87. The minimum absolute atomic E-state index is 0.230. The lowest BCUT2D eigenvalue weighted by molar-refractivity contribution is 0.0872.